The standard InChI is InChI=1S/C15H17BrO4/c16-13(10-6-2-1-3-7-10)15(19)20-12-9-5-4-8-11(12)14(17)18/h4-5,8-10,13H,1-3,6-7H2,(H,17,18). The van der Waals surface area contributed by atoms with Crippen LogP contribution in [0.15, 0.2) is 24.3 Å². The summed E-state index contributed by atoms with van der Waals surface area (Å²) in [7, 11) is 0. The number of hydrogen-bond donors (Lipinski definition) is 1. The summed E-state index contributed by atoms with van der Waals surface area (Å²) < 4.78 is 5.26. The second-order valence-electron chi connectivity index (χ2n) is 5.02. The van der Waals surface area contributed by atoms with Crippen molar-refractivity contribution in [1.29, 1.82) is 0 Å². The highest BCUT2D eigenvalue weighted by molar-refractivity contribution is 9.10. The molecule has 0 radical (unpaired) electrons. The summed E-state index contributed by atoms with van der Waals surface area (Å²) in [6, 6.07) is 6.18. The number of aromatic carboxylic acids is 1. The predicted molar refractivity (Wildman–Crippen MR) is 78.3 cm³/mol. The van der Waals surface area contributed by atoms with E-state index in [0.717, 1.165) is 25.7 Å². The molecule has 1 fully saturated rings. The third-order valence-corrected chi connectivity index (χ3v) is 4.74. The van der Waals surface area contributed by atoms with Gasteiger partial charge in [-0.1, -0.05) is 47.3 Å². The van der Waals surface area contributed by atoms with Gasteiger partial charge < -0.3 is 9.84 Å². The average Bonchev–Trinajstić information content (AvgIpc) is 2.47. The Morgan fingerprint density at radius 3 is 2.50 bits per heavy atom. The average molecular weight is 341 g/mol. The smallest absolute Gasteiger partial charge is 0.339 e. The molecule has 1 aromatic carbocycles. The summed E-state index contributed by atoms with van der Waals surface area (Å²) >= 11 is 3.40. The van der Waals surface area contributed by atoms with Crippen molar-refractivity contribution in [2.75, 3.05) is 0 Å². The van der Waals surface area contributed by atoms with Gasteiger partial charge in [-0.2, -0.15) is 0 Å². The number of carboxylic acids is 1. The fourth-order valence-corrected chi connectivity index (χ4v) is 3.14. The molecule has 2 rings (SSSR count). The Hall–Kier alpha value is -1.36. The first kappa shape index (κ1) is 15.0. The van der Waals surface area contributed by atoms with Crippen LogP contribution >= 0.6 is 15.9 Å². The number of carbonyl (C=O) groups is 2. The normalized spacial score (nSPS) is 17.4. The largest absolute Gasteiger partial charge is 0.478 e. The molecule has 0 aliphatic heterocycles. The van der Waals surface area contributed by atoms with Gasteiger partial charge >= 0.3 is 11.9 Å². The van der Waals surface area contributed by atoms with Crippen molar-refractivity contribution in [2.45, 2.75) is 36.9 Å². The minimum atomic E-state index is -1.10. The Morgan fingerprint density at radius 1 is 1.20 bits per heavy atom. The molecule has 4 nitrogen and oxygen atoms in total. The van der Waals surface area contributed by atoms with Crippen molar-refractivity contribution in [3.8, 4) is 5.75 Å². The number of carboxylic acid groups (broad SMARTS) is 1. The van der Waals surface area contributed by atoms with Crippen LogP contribution in [-0.2, 0) is 4.79 Å². The number of halogens is 1. The van der Waals surface area contributed by atoms with Gasteiger partial charge in [0.2, 0.25) is 0 Å². The van der Waals surface area contributed by atoms with Crippen molar-refractivity contribution in [3.05, 3.63) is 29.8 Å². The molecule has 20 heavy (non-hydrogen) atoms. The first-order valence-corrected chi connectivity index (χ1v) is 7.69. The van der Waals surface area contributed by atoms with E-state index in [1.807, 2.05) is 0 Å². The number of alkyl halides is 1. The Bertz CT molecular complexity index is 494. The number of esters is 1. The van der Waals surface area contributed by atoms with Crippen LogP contribution in [0.2, 0.25) is 0 Å². The maximum Gasteiger partial charge on any atom is 0.339 e. The van der Waals surface area contributed by atoms with Gasteiger partial charge in [-0.15, -0.1) is 0 Å². The zero-order valence-electron chi connectivity index (χ0n) is 11.0. The summed E-state index contributed by atoms with van der Waals surface area (Å²) in [4.78, 5) is 22.8. The SMILES string of the molecule is O=C(O)c1ccccc1OC(=O)C(Br)C1CCCCC1. The molecule has 1 aliphatic carbocycles. The monoisotopic (exact) mass is 340 g/mol. The van der Waals surface area contributed by atoms with Gasteiger partial charge in [-0.3, -0.25) is 4.79 Å². The minimum absolute atomic E-state index is 0.00388. The highest BCUT2D eigenvalue weighted by Crippen LogP contribution is 2.31. The van der Waals surface area contributed by atoms with Crippen molar-refractivity contribution in [3.63, 3.8) is 0 Å². The van der Waals surface area contributed by atoms with Crippen molar-refractivity contribution in [1.82, 2.24) is 0 Å². The lowest BCUT2D eigenvalue weighted by Crippen LogP contribution is -2.30. The first-order chi connectivity index (χ1) is 9.59. The summed E-state index contributed by atoms with van der Waals surface area (Å²) in [6.07, 6.45) is 5.49. The van der Waals surface area contributed by atoms with E-state index >= 15 is 0 Å². The second kappa shape index (κ2) is 6.88. The lowest BCUT2D eigenvalue weighted by Gasteiger charge is -2.25. The van der Waals surface area contributed by atoms with Crippen LogP contribution in [0.3, 0.4) is 0 Å². The van der Waals surface area contributed by atoms with E-state index in [2.05, 4.69) is 15.9 Å². The molecular weight excluding hydrogens is 324 g/mol. The predicted octanol–water partition coefficient (Wildman–Crippen LogP) is 3.63. The molecule has 0 spiro atoms. The zero-order chi connectivity index (χ0) is 14.5. The summed E-state index contributed by atoms with van der Waals surface area (Å²) in [5.41, 5.74) is 0.00388. The van der Waals surface area contributed by atoms with E-state index in [-0.39, 0.29) is 22.1 Å². The fraction of sp³-hybridized carbons (Fsp3) is 0.467. The number of para-hydroxylation sites is 1. The van der Waals surface area contributed by atoms with Crippen LogP contribution in [0.25, 0.3) is 0 Å². The van der Waals surface area contributed by atoms with Gasteiger partial charge in [-0.25, -0.2) is 4.79 Å². The molecule has 1 aliphatic rings. The van der Waals surface area contributed by atoms with Gasteiger partial charge in [0.1, 0.15) is 16.1 Å². The molecule has 5 heteroatoms. The Kier molecular flexibility index (Phi) is 5.17. The Morgan fingerprint density at radius 2 is 1.85 bits per heavy atom. The molecule has 0 saturated heterocycles. The number of ether oxygens (including phenoxy) is 1. The van der Waals surface area contributed by atoms with Crippen molar-refractivity contribution >= 4 is 27.9 Å². The second-order valence-corrected chi connectivity index (χ2v) is 6.01. The molecule has 1 aromatic rings. The Balaban J connectivity index is 2.05. The van der Waals surface area contributed by atoms with Crippen LogP contribution in [0.4, 0.5) is 0 Å². The number of hydrogen-bond acceptors (Lipinski definition) is 3. The lowest BCUT2D eigenvalue weighted by atomic mass is 9.87. The molecule has 1 unspecified atom stereocenters. The minimum Gasteiger partial charge on any atom is -0.478 e. The Labute approximate surface area is 126 Å². The molecule has 1 atom stereocenters. The number of benzene rings is 1. The first-order valence-electron chi connectivity index (χ1n) is 6.77. The summed E-state index contributed by atoms with van der Waals surface area (Å²) in [5.74, 6) is -1.14. The molecule has 1 N–H and O–H groups in total. The maximum atomic E-state index is 12.1. The topological polar surface area (TPSA) is 63.6 Å². The third-order valence-electron chi connectivity index (χ3n) is 3.62. The van der Waals surface area contributed by atoms with Gasteiger partial charge in [0.25, 0.3) is 0 Å². The van der Waals surface area contributed by atoms with Crippen LogP contribution < -0.4 is 4.74 Å². The zero-order valence-corrected chi connectivity index (χ0v) is 12.6. The molecule has 0 aromatic heterocycles. The molecule has 0 bridgehead atoms. The van der Waals surface area contributed by atoms with Crippen LogP contribution in [-0.4, -0.2) is 21.9 Å². The van der Waals surface area contributed by atoms with E-state index in [0.29, 0.717) is 0 Å². The highest BCUT2D eigenvalue weighted by atomic mass is 79.9. The van der Waals surface area contributed by atoms with E-state index in [1.54, 1.807) is 12.1 Å². The quantitative estimate of drug-likeness (QED) is 0.516. The highest BCUT2D eigenvalue weighted by Gasteiger charge is 2.29. The van der Waals surface area contributed by atoms with Gasteiger partial charge in [-0.05, 0) is 30.9 Å². The molecule has 1 saturated carbocycles. The summed E-state index contributed by atoms with van der Waals surface area (Å²) in [6.45, 7) is 0. The van der Waals surface area contributed by atoms with Gasteiger partial charge in [0.05, 0.1) is 0 Å². The maximum absolute atomic E-state index is 12.1. The molecule has 0 amide bonds. The van der Waals surface area contributed by atoms with Crippen LogP contribution in [0.1, 0.15) is 42.5 Å². The molecule has 0 heterocycles. The third kappa shape index (κ3) is 3.60. The molecular formula is C15H17BrO4. The summed E-state index contributed by atoms with van der Waals surface area (Å²) in [5, 5.41) is 9.06. The lowest BCUT2D eigenvalue weighted by molar-refractivity contribution is -0.134. The van der Waals surface area contributed by atoms with E-state index in [4.69, 9.17) is 9.84 Å². The van der Waals surface area contributed by atoms with Crippen molar-refractivity contribution in [2.24, 2.45) is 5.92 Å². The number of carbonyl (C=O) groups excluding carboxylic acids is 1. The van der Waals surface area contributed by atoms with E-state index < -0.39 is 11.9 Å². The number of rotatable bonds is 4. The fourth-order valence-electron chi connectivity index (χ4n) is 2.52. The van der Waals surface area contributed by atoms with Gasteiger partial charge in [0.15, 0.2) is 0 Å². The van der Waals surface area contributed by atoms with Crippen LogP contribution in [0.5, 0.6) is 5.75 Å². The van der Waals surface area contributed by atoms with Crippen LogP contribution in [0, 0.1) is 5.92 Å². The molecule has 108 valence electrons. The van der Waals surface area contributed by atoms with E-state index in [1.165, 1.54) is 18.6 Å². The van der Waals surface area contributed by atoms with Gasteiger partial charge in [0, 0.05) is 0 Å². The van der Waals surface area contributed by atoms with Crippen molar-refractivity contribution < 1.29 is 19.4 Å². The van der Waals surface area contributed by atoms with E-state index in [9.17, 15) is 9.59 Å².